The van der Waals surface area contributed by atoms with E-state index in [2.05, 4.69) is 5.32 Å². The van der Waals surface area contributed by atoms with Gasteiger partial charge in [0.25, 0.3) is 0 Å². The molecule has 0 spiro atoms. The number of esters is 1. The standard InChI is InChI=1S/C25H19Cl2N3O2/c1-2-32-24(31)21-22(15-8-4-3-5-9-15)29-25-28-19-10-6-7-11-20(19)30(25)23(21)17-13-12-16(26)14-18(17)27/h3-14,23H,2H2,1H3,(H,28,29)/t23-/m1/s1. The highest BCUT2D eigenvalue weighted by molar-refractivity contribution is 6.35. The van der Waals surface area contributed by atoms with E-state index < -0.39 is 12.0 Å². The molecule has 7 heteroatoms. The van der Waals surface area contributed by atoms with Gasteiger partial charge in [-0.2, -0.15) is 0 Å². The number of aromatic nitrogens is 2. The molecule has 0 unspecified atom stereocenters. The third kappa shape index (κ3) is 3.44. The molecule has 1 aromatic heterocycles. The molecule has 5 rings (SSSR count). The summed E-state index contributed by atoms with van der Waals surface area (Å²) in [4.78, 5) is 18.2. The average Bonchev–Trinajstić information content (AvgIpc) is 3.17. The van der Waals surface area contributed by atoms with Gasteiger partial charge in [-0.15, -0.1) is 0 Å². The Labute approximate surface area is 195 Å². The largest absolute Gasteiger partial charge is 0.463 e. The Morgan fingerprint density at radius 3 is 2.56 bits per heavy atom. The van der Waals surface area contributed by atoms with Crippen molar-refractivity contribution in [1.82, 2.24) is 9.55 Å². The normalized spacial score (nSPS) is 15.4. The Morgan fingerprint density at radius 1 is 1.06 bits per heavy atom. The van der Waals surface area contributed by atoms with Crippen molar-refractivity contribution >= 4 is 51.8 Å². The molecule has 4 aromatic rings. The maximum absolute atomic E-state index is 13.4. The van der Waals surface area contributed by atoms with Crippen LogP contribution in [0.15, 0.2) is 78.4 Å². The number of nitrogens with zero attached hydrogens (tertiary/aromatic N) is 2. The number of rotatable bonds is 4. The highest BCUT2D eigenvalue weighted by Crippen LogP contribution is 2.44. The third-order valence-corrected chi connectivity index (χ3v) is 6.01. The van der Waals surface area contributed by atoms with Gasteiger partial charge in [0.05, 0.1) is 35.0 Å². The third-order valence-electron chi connectivity index (χ3n) is 5.45. The molecule has 2 heterocycles. The molecule has 0 aliphatic carbocycles. The van der Waals surface area contributed by atoms with Crippen LogP contribution in [0.4, 0.5) is 5.95 Å². The number of imidazole rings is 1. The smallest absolute Gasteiger partial charge is 0.338 e. The molecule has 5 nitrogen and oxygen atoms in total. The van der Waals surface area contributed by atoms with E-state index in [1.54, 1.807) is 19.1 Å². The van der Waals surface area contributed by atoms with Gasteiger partial charge in [-0.1, -0.05) is 71.7 Å². The lowest BCUT2D eigenvalue weighted by Crippen LogP contribution is -2.29. The number of halogens is 2. The van der Waals surface area contributed by atoms with Gasteiger partial charge in [-0.05, 0) is 42.3 Å². The van der Waals surface area contributed by atoms with Crippen molar-refractivity contribution in [2.24, 2.45) is 0 Å². The molecular weight excluding hydrogens is 445 g/mol. The van der Waals surface area contributed by atoms with E-state index >= 15 is 0 Å². The van der Waals surface area contributed by atoms with Gasteiger partial charge in [0, 0.05) is 10.0 Å². The molecule has 160 valence electrons. The number of fused-ring (bicyclic) bond motifs is 3. The summed E-state index contributed by atoms with van der Waals surface area (Å²) in [6.07, 6.45) is 0. The van der Waals surface area contributed by atoms with Crippen LogP contribution in [0.3, 0.4) is 0 Å². The fraction of sp³-hybridized carbons (Fsp3) is 0.120. The number of hydrogen-bond donors (Lipinski definition) is 1. The molecule has 32 heavy (non-hydrogen) atoms. The lowest BCUT2D eigenvalue weighted by Gasteiger charge is -2.32. The van der Waals surface area contributed by atoms with E-state index in [9.17, 15) is 4.79 Å². The summed E-state index contributed by atoms with van der Waals surface area (Å²) in [7, 11) is 0. The van der Waals surface area contributed by atoms with Gasteiger partial charge in [0.1, 0.15) is 0 Å². The summed E-state index contributed by atoms with van der Waals surface area (Å²) in [6.45, 7) is 2.04. The quantitative estimate of drug-likeness (QED) is 0.359. The molecule has 0 radical (unpaired) electrons. The number of nitrogens with one attached hydrogen (secondary N) is 1. The first-order chi connectivity index (χ1) is 15.6. The second kappa shape index (κ2) is 8.34. The van der Waals surface area contributed by atoms with Crippen LogP contribution in [0.25, 0.3) is 16.7 Å². The van der Waals surface area contributed by atoms with E-state index in [-0.39, 0.29) is 6.61 Å². The molecule has 1 N–H and O–H groups in total. The Morgan fingerprint density at radius 2 is 1.81 bits per heavy atom. The summed E-state index contributed by atoms with van der Waals surface area (Å²) >= 11 is 12.9. The topological polar surface area (TPSA) is 56.1 Å². The Balaban J connectivity index is 1.86. The molecule has 0 saturated carbocycles. The predicted molar refractivity (Wildman–Crippen MR) is 128 cm³/mol. The van der Waals surface area contributed by atoms with Crippen LogP contribution < -0.4 is 5.32 Å². The number of benzene rings is 3. The second-order valence-corrected chi connectivity index (χ2v) is 8.21. The number of hydrogen-bond acceptors (Lipinski definition) is 4. The summed E-state index contributed by atoms with van der Waals surface area (Å²) < 4.78 is 7.50. The molecule has 0 bridgehead atoms. The van der Waals surface area contributed by atoms with Crippen molar-refractivity contribution < 1.29 is 9.53 Å². The first-order valence-electron chi connectivity index (χ1n) is 10.2. The van der Waals surface area contributed by atoms with E-state index in [0.29, 0.717) is 27.3 Å². The monoisotopic (exact) mass is 463 g/mol. The lowest BCUT2D eigenvalue weighted by atomic mass is 9.92. The van der Waals surface area contributed by atoms with Crippen molar-refractivity contribution in [2.75, 3.05) is 11.9 Å². The minimum absolute atomic E-state index is 0.253. The highest BCUT2D eigenvalue weighted by Gasteiger charge is 2.37. The zero-order valence-corrected chi connectivity index (χ0v) is 18.7. The van der Waals surface area contributed by atoms with E-state index in [1.165, 1.54) is 0 Å². The maximum Gasteiger partial charge on any atom is 0.338 e. The minimum Gasteiger partial charge on any atom is -0.463 e. The Kier molecular flexibility index (Phi) is 5.37. The van der Waals surface area contributed by atoms with Crippen LogP contribution in [0.1, 0.15) is 24.1 Å². The van der Waals surface area contributed by atoms with Crippen molar-refractivity contribution in [3.63, 3.8) is 0 Å². The first kappa shape index (κ1) is 20.6. The van der Waals surface area contributed by atoms with Gasteiger partial charge in [0.2, 0.25) is 5.95 Å². The maximum atomic E-state index is 13.4. The van der Waals surface area contributed by atoms with Crippen LogP contribution >= 0.6 is 23.2 Å². The van der Waals surface area contributed by atoms with Gasteiger partial charge < -0.3 is 10.1 Å². The highest BCUT2D eigenvalue weighted by atomic mass is 35.5. The predicted octanol–water partition coefficient (Wildman–Crippen LogP) is 6.33. The van der Waals surface area contributed by atoms with Gasteiger partial charge in [-0.3, -0.25) is 4.57 Å². The van der Waals surface area contributed by atoms with Crippen LogP contribution in [0.2, 0.25) is 10.0 Å². The van der Waals surface area contributed by atoms with E-state index in [1.807, 2.05) is 65.2 Å². The molecule has 3 aromatic carbocycles. The molecule has 1 aliphatic heterocycles. The zero-order valence-electron chi connectivity index (χ0n) is 17.2. The van der Waals surface area contributed by atoms with Crippen LogP contribution in [0, 0.1) is 0 Å². The minimum atomic E-state index is -0.558. The van der Waals surface area contributed by atoms with Gasteiger partial charge in [0.15, 0.2) is 0 Å². The van der Waals surface area contributed by atoms with Crippen LogP contribution in [0.5, 0.6) is 0 Å². The number of anilines is 1. The van der Waals surface area contributed by atoms with Crippen molar-refractivity contribution in [1.29, 1.82) is 0 Å². The molecule has 1 atom stereocenters. The summed E-state index contributed by atoms with van der Waals surface area (Å²) in [5.41, 5.74) is 4.37. The van der Waals surface area contributed by atoms with Gasteiger partial charge in [-0.25, -0.2) is 9.78 Å². The Hall–Kier alpha value is -3.28. The molecule has 0 amide bonds. The fourth-order valence-electron chi connectivity index (χ4n) is 4.11. The fourth-order valence-corrected chi connectivity index (χ4v) is 4.62. The first-order valence-corrected chi connectivity index (χ1v) is 11.0. The number of para-hydroxylation sites is 2. The molecule has 0 fully saturated rings. The van der Waals surface area contributed by atoms with Crippen LogP contribution in [-0.2, 0) is 9.53 Å². The zero-order chi connectivity index (χ0) is 22.2. The van der Waals surface area contributed by atoms with Crippen molar-refractivity contribution in [2.45, 2.75) is 13.0 Å². The molecule has 0 saturated heterocycles. The van der Waals surface area contributed by atoms with E-state index in [0.717, 1.165) is 22.2 Å². The number of carbonyl (C=O) groups is 1. The molecule has 1 aliphatic rings. The number of ether oxygens (including phenoxy) is 1. The summed E-state index contributed by atoms with van der Waals surface area (Å²) in [5.74, 6) is 0.201. The van der Waals surface area contributed by atoms with E-state index in [4.69, 9.17) is 32.9 Å². The van der Waals surface area contributed by atoms with Crippen molar-refractivity contribution in [3.8, 4) is 0 Å². The van der Waals surface area contributed by atoms with Gasteiger partial charge >= 0.3 is 5.97 Å². The van der Waals surface area contributed by atoms with Crippen LogP contribution in [-0.4, -0.2) is 22.1 Å². The second-order valence-electron chi connectivity index (χ2n) is 7.36. The lowest BCUT2D eigenvalue weighted by molar-refractivity contribution is -0.138. The number of carbonyl (C=O) groups excluding carboxylic acids is 1. The molecular formula is C25H19Cl2N3O2. The summed E-state index contributed by atoms with van der Waals surface area (Å²) in [5, 5.41) is 4.37. The average molecular weight is 464 g/mol. The summed E-state index contributed by atoms with van der Waals surface area (Å²) in [6, 6.07) is 22.2. The SMILES string of the molecule is CCOC(=O)C1=C(c2ccccc2)Nc2nc3ccccc3n2[C@@H]1c1ccc(Cl)cc1Cl. The Bertz CT molecular complexity index is 1360. The van der Waals surface area contributed by atoms with Crippen molar-refractivity contribution in [3.05, 3.63) is 99.5 Å².